The van der Waals surface area contributed by atoms with E-state index in [1.54, 1.807) is 7.11 Å². The molecule has 3 heteroatoms. The van der Waals surface area contributed by atoms with Crippen molar-refractivity contribution < 1.29 is 4.74 Å². The highest BCUT2D eigenvalue weighted by Crippen LogP contribution is 2.30. The first-order valence-corrected chi connectivity index (χ1v) is 6.46. The van der Waals surface area contributed by atoms with Crippen LogP contribution in [0.5, 0.6) is 5.75 Å². The molecule has 1 aromatic carbocycles. The summed E-state index contributed by atoms with van der Waals surface area (Å²) in [6.07, 6.45) is 0. The Kier molecular flexibility index (Phi) is 5.29. The molecule has 1 atom stereocenters. The van der Waals surface area contributed by atoms with Crippen LogP contribution < -0.4 is 10.1 Å². The van der Waals surface area contributed by atoms with E-state index in [0.29, 0.717) is 12.0 Å². The van der Waals surface area contributed by atoms with Gasteiger partial charge >= 0.3 is 0 Å². The van der Waals surface area contributed by atoms with Crippen molar-refractivity contribution in [3.05, 3.63) is 28.2 Å². The summed E-state index contributed by atoms with van der Waals surface area (Å²) < 4.78 is 6.24. The molecule has 0 aromatic heterocycles. The second-order valence-electron chi connectivity index (χ2n) is 4.17. The summed E-state index contributed by atoms with van der Waals surface area (Å²) in [6.45, 7) is 7.57. The van der Waals surface area contributed by atoms with Gasteiger partial charge in [0.15, 0.2) is 0 Å². The third kappa shape index (κ3) is 3.22. The van der Waals surface area contributed by atoms with Gasteiger partial charge in [-0.2, -0.15) is 0 Å². The van der Waals surface area contributed by atoms with Gasteiger partial charge in [0.1, 0.15) is 5.75 Å². The highest BCUT2D eigenvalue weighted by molar-refractivity contribution is 9.10. The van der Waals surface area contributed by atoms with Crippen LogP contribution in [0.15, 0.2) is 22.7 Å². The van der Waals surface area contributed by atoms with Gasteiger partial charge in [-0.3, -0.25) is 0 Å². The van der Waals surface area contributed by atoms with Crippen molar-refractivity contribution in [1.82, 2.24) is 5.32 Å². The molecule has 0 saturated carbocycles. The first kappa shape index (κ1) is 13.5. The summed E-state index contributed by atoms with van der Waals surface area (Å²) in [7, 11) is 1.68. The average Bonchev–Trinajstić information content (AvgIpc) is 2.25. The number of nitrogens with one attached hydrogen (secondary N) is 1. The van der Waals surface area contributed by atoms with E-state index in [1.165, 1.54) is 5.56 Å². The Labute approximate surface area is 107 Å². The minimum absolute atomic E-state index is 0.396. The predicted octanol–water partition coefficient (Wildman–Crippen LogP) is 3.76. The number of rotatable bonds is 5. The fourth-order valence-electron chi connectivity index (χ4n) is 1.83. The normalized spacial score (nSPS) is 12.9. The Morgan fingerprint density at radius 3 is 2.50 bits per heavy atom. The fourth-order valence-corrected chi connectivity index (χ4v) is 2.39. The molecule has 16 heavy (non-hydrogen) atoms. The molecule has 0 aliphatic rings. The Bertz CT molecular complexity index is 339. The fraction of sp³-hybridized carbons (Fsp3) is 0.538. The van der Waals surface area contributed by atoms with Crippen molar-refractivity contribution in [2.45, 2.75) is 26.8 Å². The molecule has 1 N–H and O–H groups in total. The van der Waals surface area contributed by atoms with Crippen molar-refractivity contribution in [3.63, 3.8) is 0 Å². The average molecular weight is 286 g/mol. The van der Waals surface area contributed by atoms with E-state index in [2.05, 4.69) is 54.2 Å². The van der Waals surface area contributed by atoms with Crippen molar-refractivity contribution in [2.75, 3.05) is 13.7 Å². The van der Waals surface area contributed by atoms with Crippen molar-refractivity contribution >= 4 is 15.9 Å². The van der Waals surface area contributed by atoms with Gasteiger partial charge in [-0.05, 0) is 46.1 Å². The van der Waals surface area contributed by atoms with Gasteiger partial charge in [0.05, 0.1) is 11.6 Å². The predicted molar refractivity (Wildman–Crippen MR) is 71.9 cm³/mol. The summed E-state index contributed by atoms with van der Waals surface area (Å²) in [5.74, 6) is 1.45. The molecule has 1 unspecified atom stereocenters. The van der Waals surface area contributed by atoms with Gasteiger partial charge in [0.2, 0.25) is 0 Å². The molecular weight excluding hydrogens is 266 g/mol. The van der Waals surface area contributed by atoms with Crippen LogP contribution in [-0.2, 0) is 0 Å². The third-order valence-corrected chi connectivity index (χ3v) is 3.25. The van der Waals surface area contributed by atoms with Crippen LogP contribution in [0.4, 0.5) is 0 Å². The maximum atomic E-state index is 5.23. The topological polar surface area (TPSA) is 21.3 Å². The lowest BCUT2D eigenvalue weighted by atomic mass is 9.96. The first-order chi connectivity index (χ1) is 7.60. The van der Waals surface area contributed by atoms with Crippen LogP contribution >= 0.6 is 15.9 Å². The molecule has 0 fully saturated rings. The number of methoxy groups -OCH3 is 1. The second kappa shape index (κ2) is 6.26. The molecule has 0 aliphatic heterocycles. The molecule has 1 rings (SSSR count). The molecule has 2 nitrogen and oxygen atoms in total. The Hall–Kier alpha value is -0.540. The molecule has 1 aromatic rings. The molecule has 0 aliphatic carbocycles. The molecular formula is C13H20BrNO. The number of ether oxygens (including phenoxy) is 1. The van der Waals surface area contributed by atoms with Crippen LogP contribution in [0.1, 0.15) is 32.4 Å². The van der Waals surface area contributed by atoms with E-state index in [4.69, 9.17) is 4.74 Å². The zero-order valence-electron chi connectivity index (χ0n) is 10.4. The number of hydrogen-bond donors (Lipinski definition) is 1. The Morgan fingerprint density at radius 2 is 2.06 bits per heavy atom. The summed E-state index contributed by atoms with van der Waals surface area (Å²) in [5.41, 5.74) is 1.30. The SMILES string of the molecule is CCNC(c1ccc(OC)c(Br)c1)C(C)C. The molecule has 0 heterocycles. The maximum Gasteiger partial charge on any atom is 0.133 e. The van der Waals surface area contributed by atoms with Gasteiger partial charge in [-0.25, -0.2) is 0 Å². The van der Waals surface area contributed by atoms with Crippen molar-refractivity contribution in [1.29, 1.82) is 0 Å². The van der Waals surface area contributed by atoms with E-state index in [1.807, 2.05) is 6.07 Å². The van der Waals surface area contributed by atoms with Gasteiger partial charge in [0.25, 0.3) is 0 Å². The van der Waals surface area contributed by atoms with Crippen LogP contribution in [0.25, 0.3) is 0 Å². The lowest BCUT2D eigenvalue weighted by Crippen LogP contribution is -2.25. The quantitative estimate of drug-likeness (QED) is 0.889. The smallest absolute Gasteiger partial charge is 0.133 e. The standard InChI is InChI=1S/C13H20BrNO/c1-5-15-13(9(2)3)10-6-7-12(16-4)11(14)8-10/h6-9,13,15H,5H2,1-4H3. The monoisotopic (exact) mass is 285 g/mol. The van der Waals surface area contributed by atoms with Gasteiger partial charge in [-0.15, -0.1) is 0 Å². The highest BCUT2D eigenvalue weighted by Gasteiger charge is 2.15. The lowest BCUT2D eigenvalue weighted by molar-refractivity contribution is 0.407. The maximum absolute atomic E-state index is 5.23. The minimum Gasteiger partial charge on any atom is -0.496 e. The van der Waals surface area contributed by atoms with Crippen LogP contribution in [-0.4, -0.2) is 13.7 Å². The van der Waals surface area contributed by atoms with Crippen LogP contribution in [0.2, 0.25) is 0 Å². The molecule has 0 bridgehead atoms. The summed E-state index contributed by atoms with van der Waals surface area (Å²) in [5, 5.41) is 3.50. The highest BCUT2D eigenvalue weighted by atomic mass is 79.9. The van der Waals surface area contributed by atoms with Crippen LogP contribution in [0, 0.1) is 5.92 Å². The van der Waals surface area contributed by atoms with Gasteiger partial charge in [0, 0.05) is 6.04 Å². The van der Waals surface area contributed by atoms with E-state index < -0.39 is 0 Å². The Balaban J connectivity index is 2.97. The Morgan fingerprint density at radius 1 is 1.38 bits per heavy atom. The zero-order chi connectivity index (χ0) is 12.1. The van der Waals surface area contributed by atoms with Crippen molar-refractivity contribution in [3.8, 4) is 5.75 Å². The lowest BCUT2D eigenvalue weighted by Gasteiger charge is -2.22. The van der Waals surface area contributed by atoms with E-state index in [-0.39, 0.29) is 0 Å². The summed E-state index contributed by atoms with van der Waals surface area (Å²) in [4.78, 5) is 0. The molecule has 0 saturated heterocycles. The number of benzene rings is 1. The molecule has 0 amide bonds. The molecule has 90 valence electrons. The van der Waals surface area contributed by atoms with Gasteiger partial charge in [-0.1, -0.05) is 26.8 Å². The summed E-state index contributed by atoms with van der Waals surface area (Å²) >= 11 is 3.52. The number of halogens is 1. The van der Waals surface area contributed by atoms with E-state index >= 15 is 0 Å². The molecule has 0 radical (unpaired) electrons. The van der Waals surface area contributed by atoms with E-state index in [0.717, 1.165) is 16.8 Å². The van der Waals surface area contributed by atoms with Gasteiger partial charge < -0.3 is 10.1 Å². The second-order valence-corrected chi connectivity index (χ2v) is 5.03. The minimum atomic E-state index is 0.396. The van der Waals surface area contributed by atoms with E-state index in [9.17, 15) is 0 Å². The van der Waals surface area contributed by atoms with Crippen LogP contribution in [0.3, 0.4) is 0 Å². The summed E-state index contributed by atoms with van der Waals surface area (Å²) in [6, 6.07) is 6.65. The number of hydrogen-bond acceptors (Lipinski definition) is 2. The molecule has 0 spiro atoms. The third-order valence-electron chi connectivity index (χ3n) is 2.63. The largest absolute Gasteiger partial charge is 0.496 e. The zero-order valence-corrected chi connectivity index (χ0v) is 12.0. The van der Waals surface area contributed by atoms with Crippen molar-refractivity contribution in [2.24, 2.45) is 5.92 Å². The first-order valence-electron chi connectivity index (χ1n) is 5.67.